The summed E-state index contributed by atoms with van der Waals surface area (Å²) in [7, 11) is 0.899. The molecule has 0 aliphatic heterocycles. The Hall–Kier alpha value is -0.810. The normalized spacial score (nSPS) is 11.5. The van der Waals surface area contributed by atoms with E-state index in [0.29, 0.717) is 0 Å². The Labute approximate surface area is 73.4 Å². The van der Waals surface area contributed by atoms with Gasteiger partial charge >= 0.3 is 0 Å². The van der Waals surface area contributed by atoms with E-state index < -0.39 is 19.8 Å². The van der Waals surface area contributed by atoms with Gasteiger partial charge in [-0.05, 0) is 18.2 Å². The highest BCUT2D eigenvalue weighted by atomic mass is 35.7. The molecular formula is C6H5ClFNO2S. The average molecular weight is 210 g/mol. The number of hydrogen-bond donors (Lipinski definition) is 1. The third-order valence-electron chi connectivity index (χ3n) is 1.22. The van der Waals surface area contributed by atoms with E-state index in [1.807, 2.05) is 0 Å². The van der Waals surface area contributed by atoms with Crippen LogP contribution in [0, 0.1) is 5.82 Å². The van der Waals surface area contributed by atoms with Crippen LogP contribution in [0.25, 0.3) is 0 Å². The van der Waals surface area contributed by atoms with Crippen molar-refractivity contribution < 1.29 is 12.8 Å². The zero-order valence-electron chi connectivity index (χ0n) is 5.79. The van der Waals surface area contributed by atoms with Gasteiger partial charge in [0.25, 0.3) is 9.05 Å². The van der Waals surface area contributed by atoms with Gasteiger partial charge in [-0.2, -0.15) is 0 Å². The Kier molecular flexibility index (Phi) is 2.25. The number of nitrogens with two attached hydrogens (primary N) is 1. The van der Waals surface area contributed by atoms with E-state index >= 15 is 0 Å². The van der Waals surface area contributed by atoms with Crippen molar-refractivity contribution in [1.29, 1.82) is 0 Å². The van der Waals surface area contributed by atoms with Crippen molar-refractivity contribution in [3.63, 3.8) is 0 Å². The molecule has 0 aliphatic carbocycles. The number of nitrogen functional groups attached to an aromatic ring is 1. The van der Waals surface area contributed by atoms with Gasteiger partial charge in [0.2, 0.25) is 0 Å². The van der Waals surface area contributed by atoms with E-state index in [0.717, 1.165) is 12.1 Å². The summed E-state index contributed by atoms with van der Waals surface area (Å²) in [6.07, 6.45) is 0. The topological polar surface area (TPSA) is 60.2 Å². The third kappa shape index (κ3) is 1.86. The predicted molar refractivity (Wildman–Crippen MR) is 43.9 cm³/mol. The molecule has 1 aromatic rings. The minimum Gasteiger partial charge on any atom is -0.399 e. The van der Waals surface area contributed by atoms with Crippen molar-refractivity contribution in [2.45, 2.75) is 4.90 Å². The van der Waals surface area contributed by atoms with Crippen LogP contribution >= 0.6 is 10.7 Å². The first-order chi connectivity index (χ1) is 5.41. The standard InChI is InChI=1S/C6H5ClFNO2S/c7-12(10,11)6-2-1-4(9)3-5(6)8/h1-3H,9H2. The second-order valence-corrected chi connectivity index (χ2v) is 4.66. The van der Waals surface area contributed by atoms with E-state index in [1.54, 1.807) is 0 Å². The van der Waals surface area contributed by atoms with Gasteiger partial charge < -0.3 is 5.73 Å². The fourth-order valence-corrected chi connectivity index (χ4v) is 1.61. The zero-order valence-corrected chi connectivity index (χ0v) is 7.36. The molecule has 0 aromatic heterocycles. The molecule has 1 aromatic carbocycles. The SMILES string of the molecule is Nc1ccc(S(=O)(=O)Cl)c(F)c1. The van der Waals surface area contributed by atoms with E-state index in [4.69, 9.17) is 16.4 Å². The first kappa shape index (κ1) is 9.28. The molecule has 0 aliphatic rings. The molecule has 0 atom stereocenters. The van der Waals surface area contributed by atoms with Crippen molar-refractivity contribution >= 4 is 25.4 Å². The molecule has 6 heteroatoms. The van der Waals surface area contributed by atoms with Crippen LogP contribution < -0.4 is 5.73 Å². The van der Waals surface area contributed by atoms with Crippen LogP contribution in [0.4, 0.5) is 10.1 Å². The minimum absolute atomic E-state index is 0.150. The van der Waals surface area contributed by atoms with Gasteiger partial charge in [0, 0.05) is 16.4 Å². The maximum Gasteiger partial charge on any atom is 0.264 e. The van der Waals surface area contributed by atoms with Crippen LogP contribution in [-0.2, 0) is 9.05 Å². The second-order valence-electron chi connectivity index (χ2n) is 2.13. The molecule has 3 nitrogen and oxygen atoms in total. The molecule has 0 bridgehead atoms. The molecule has 0 saturated carbocycles. The molecule has 0 heterocycles. The van der Waals surface area contributed by atoms with Gasteiger partial charge in [-0.25, -0.2) is 12.8 Å². The molecule has 0 saturated heterocycles. The Morgan fingerprint density at radius 2 is 2.00 bits per heavy atom. The first-order valence-corrected chi connectivity index (χ1v) is 5.22. The Balaban J connectivity index is 3.39. The zero-order chi connectivity index (χ0) is 9.35. The van der Waals surface area contributed by atoms with Crippen LogP contribution in [0.15, 0.2) is 23.1 Å². The van der Waals surface area contributed by atoms with Gasteiger partial charge in [0.05, 0.1) is 0 Å². The number of rotatable bonds is 1. The molecule has 66 valence electrons. The van der Waals surface area contributed by atoms with Gasteiger partial charge in [0.15, 0.2) is 0 Å². The summed E-state index contributed by atoms with van der Waals surface area (Å²) in [5.41, 5.74) is 5.34. The van der Waals surface area contributed by atoms with Crippen LogP contribution in [0.2, 0.25) is 0 Å². The average Bonchev–Trinajstić information content (AvgIpc) is 1.83. The largest absolute Gasteiger partial charge is 0.399 e. The molecular weight excluding hydrogens is 205 g/mol. The lowest BCUT2D eigenvalue weighted by Gasteiger charge is -1.98. The van der Waals surface area contributed by atoms with E-state index in [-0.39, 0.29) is 5.69 Å². The summed E-state index contributed by atoms with van der Waals surface area (Å²) >= 11 is 0. The van der Waals surface area contributed by atoms with Crippen molar-refractivity contribution in [2.75, 3.05) is 5.73 Å². The highest BCUT2D eigenvalue weighted by Gasteiger charge is 2.15. The van der Waals surface area contributed by atoms with Crippen molar-refractivity contribution in [3.05, 3.63) is 24.0 Å². The monoisotopic (exact) mass is 209 g/mol. The molecule has 0 amide bonds. The predicted octanol–water partition coefficient (Wildman–Crippen LogP) is 1.34. The summed E-state index contributed by atoms with van der Waals surface area (Å²) in [5, 5.41) is 0. The van der Waals surface area contributed by atoms with E-state index in [9.17, 15) is 12.8 Å². The Morgan fingerprint density at radius 1 is 1.42 bits per heavy atom. The first-order valence-electron chi connectivity index (χ1n) is 2.91. The van der Waals surface area contributed by atoms with Crippen LogP contribution in [-0.4, -0.2) is 8.42 Å². The van der Waals surface area contributed by atoms with Crippen molar-refractivity contribution in [3.8, 4) is 0 Å². The maximum absolute atomic E-state index is 12.8. The molecule has 0 fully saturated rings. The van der Waals surface area contributed by atoms with Gasteiger partial charge in [-0.1, -0.05) is 0 Å². The van der Waals surface area contributed by atoms with E-state index in [2.05, 4.69) is 0 Å². The quantitative estimate of drug-likeness (QED) is 0.561. The molecule has 1 rings (SSSR count). The molecule has 12 heavy (non-hydrogen) atoms. The van der Waals surface area contributed by atoms with Crippen LogP contribution in [0.5, 0.6) is 0 Å². The van der Waals surface area contributed by atoms with Crippen molar-refractivity contribution in [1.82, 2.24) is 0 Å². The third-order valence-corrected chi connectivity index (χ3v) is 2.57. The Bertz CT molecular complexity index is 404. The highest BCUT2D eigenvalue weighted by molar-refractivity contribution is 8.13. The highest BCUT2D eigenvalue weighted by Crippen LogP contribution is 2.20. The lowest BCUT2D eigenvalue weighted by Crippen LogP contribution is -1.96. The minimum atomic E-state index is -4.01. The lowest BCUT2D eigenvalue weighted by atomic mass is 10.3. The smallest absolute Gasteiger partial charge is 0.264 e. The van der Waals surface area contributed by atoms with Gasteiger partial charge in [-0.3, -0.25) is 0 Å². The lowest BCUT2D eigenvalue weighted by molar-refractivity contribution is 0.576. The Morgan fingerprint density at radius 3 is 2.42 bits per heavy atom. The summed E-state index contributed by atoms with van der Waals surface area (Å²) < 4.78 is 34.1. The second kappa shape index (κ2) is 2.91. The summed E-state index contributed by atoms with van der Waals surface area (Å²) in [4.78, 5) is -0.557. The molecule has 0 radical (unpaired) electrons. The summed E-state index contributed by atoms with van der Waals surface area (Å²) in [6, 6.07) is 3.18. The van der Waals surface area contributed by atoms with Gasteiger partial charge in [0.1, 0.15) is 10.7 Å². The van der Waals surface area contributed by atoms with Gasteiger partial charge in [-0.15, -0.1) is 0 Å². The van der Waals surface area contributed by atoms with E-state index in [1.165, 1.54) is 6.07 Å². The number of hydrogen-bond acceptors (Lipinski definition) is 3. The number of benzene rings is 1. The molecule has 0 unspecified atom stereocenters. The van der Waals surface area contributed by atoms with Crippen molar-refractivity contribution in [2.24, 2.45) is 0 Å². The molecule has 0 spiro atoms. The summed E-state index contributed by atoms with van der Waals surface area (Å²) in [5.74, 6) is -0.940. The fourth-order valence-electron chi connectivity index (χ4n) is 0.715. The number of halogens is 2. The molecule has 2 N–H and O–H groups in total. The maximum atomic E-state index is 12.8. The summed E-state index contributed by atoms with van der Waals surface area (Å²) in [6.45, 7) is 0. The fraction of sp³-hybridized carbons (Fsp3) is 0. The number of anilines is 1. The van der Waals surface area contributed by atoms with Crippen LogP contribution in [0.3, 0.4) is 0 Å². The van der Waals surface area contributed by atoms with Crippen LogP contribution in [0.1, 0.15) is 0 Å².